The molecule has 2 aliphatic heterocycles. The molecule has 3 atom stereocenters. The maximum absolute atomic E-state index is 14.6. The zero-order valence-electron chi connectivity index (χ0n) is 18.1. The number of aliphatic carboxylic acids is 1. The van der Waals surface area contributed by atoms with E-state index in [1.807, 2.05) is 0 Å². The highest BCUT2D eigenvalue weighted by atomic mass is 35.5. The number of aromatic nitrogens is 1. The van der Waals surface area contributed by atoms with Gasteiger partial charge in [-0.25, -0.2) is 9.18 Å². The predicted molar refractivity (Wildman–Crippen MR) is 117 cm³/mol. The van der Waals surface area contributed by atoms with Gasteiger partial charge in [0, 0.05) is 11.7 Å². The molecule has 13 heteroatoms. The first-order valence-electron chi connectivity index (χ1n) is 10.0. The van der Waals surface area contributed by atoms with Gasteiger partial charge >= 0.3 is 11.9 Å². The Balaban J connectivity index is 1.67. The quantitative estimate of drug-likeness (QED) is 0.442. The number of amides is 2. The van der Waals surface area contributed by atoms with Crippen molar-refractivity contribution in [3.63, 3.8) is 0 Å². The molecule has 0 spiro atoms. The molecule has 3 heterocycles. The van der Waals surface area contributed by atoms with Gasteiger partial charge in [0.1, 0.15) is 34.5 Å². The molecule has 10 nitrogen and oxygen atoms in total. The molecule has 2 N–H and O–H groups in total. The summed E-state index contributed by atoms with van der Waals surface area (Å²) in [7, 11) is 0. The van der Waals surface area contributed by atoms with Crippen molar-refractivity contribution in [3.05, 3.63) is 40.4 Å². The lowest BCUT2D eigenvalue weighted by Gasteiger charge is -2.43. The highest BCUT2D eigenvalue weighted by molar-refractivity contribution is 8.01. The van der Waals surface area contributed by atoms with Crippen molar-refractivity contribution >= 4 is 47.1 Å². The molecule has 0 aliphatic carbocycles. The second-order valence-electron chi connectivity index (χ2n) is 8.26. The third kappa shape index (κ3) is 3.90. The standard InChI is InChI=1S/C21H19ClFN3O7S/c1-8(27)32-7-11-13(14(25-33-11)12-9(22)5-4-6-10(12)23)17(28)24-15-18(29)26-16(20(30)31)21(2,3)34-19(15)26/h4-6,15-16,19H,7H2,1-3H3,(H,24,28)(H,30,31)/t15-,16-,19+/m1/s1. The predicted octanol–water partition coefficient (Wildman–Crippen LogP) is 2.44. The van der Waals surface area contributed by atoms with E-state index in [1.165, 1.54) is 28.8 Å². The Labute approximate surface area is 201 Å². The molecule has 4 rings (SSSR count). The van der Waals surface area contributed by atoms with Crippen molar-refractivity contribution in [2.24, 2.45) is 0 Å². The number of ether oxygens (including phenoxy) is 1. The Morgan fingerprint density at radius 1 is 1.38 bits per heavy atom. The minimum Gasteiger partial charge on any atom is -0.480 e. The monoisotopic (exact) mass is 511 g/mol. The maximum atomic E-state index is 14.6. The Bertz CT molecular complexity index is 1200. The van der Waals surface area contributed by atoms with E-state index in [0.29, 0.717) is 0 Å². The van der Waals surface area contributed by atoms with Crippen LogP contribution >= 0.6 is 23.4 Å². The van der Waals surface area contributed by atoms with E-state index >= 15 is 0 Å². The topological polar surface area (TPSA) is 139 Å². The molecular weight excluding hydrogens is 493 g/mol. The van der Waals surface area contributed by atoms with Gasteiger partial charge in [-0.3, -0.25) is 14.4 Å². The Morgan fingerprint density at radius 2 is 2.09 bits per heavy atom. The van der Waals surface area contributed by atoms with Crippen molar-refractivity contribution in [2.75, 3.05) is 0 Å². The van der Waals surface area contributed by atoms with Gasteiger partial charge in [-0.1, -0.05) is 22.8 Å². The van der Waals surface area contributed by atoms with Crippen molar-refractivity contribution in [1.82, 2.24) is 15.4 Å². The largest absolute Gasteiger partial charge is 0.480 e. The smallest absolute Gasteiger partial charge is 0.327 e. The van der Waals surface area contributed by atoms with Crippen LogP contribution in [0.1, 0.15) is 36.9 Å². The number of carboxylic acid groups (broad SMARTS) is 1. The normalized spacial score (nSPS) is 22.7. The first-order valence-corrected chi connectivity index (χ1v) is 11.3. The Hall–Kier alpha value is -3.12. The number of hydrogen-bond donors (Lipinski definition) is 2. The average Bonchev–Trinajstić information content (AvgIpc) is 3.26. The van der Waals surface area contributed by atoms with Gasteiger partial charge in [0.15, 0.2) is 12.4 Å². The fourth-order valence-corrected chi connectivity index (χ4v) is 5.96. The second kappa shape index (κ2) is 8.58. The number of carbonyl (C=O) groups is 4. The number of rotatable bonds is 6. The number of esters is 1. The number of carbonyl (C=O) groups excluding carboxylic acids is 3. The van der Waals surface area contributed by atoms with Gasteiger partial charge in [0.05, 0.1) is 10.6 Å². The number of nitrogens with zero attached hydrogens (tertiary/aromatic N) is 2. The average molecular weight is 512 g/mol. The molecule has 0 saturated carbocycles. The molecule has 180 valence electrons. The summed E-state index contributed by atoms with van der Waals surface area (Å²) in [6.07, 6.45) is 0. The van der Waals surface area contributed by atoms with E-state index in [4.69, 9.17) is 20.9 Å². The zero-order valence-corrected chi connectivity index (χ0v) is 19.7. The highest BCUT2D eigenvalue weighted by Gasteiger charge is 2.64. The van der Waals surface area contributed by atoms with Gasteiger partial charge < -0.3 is 24.6 Å². The zero-order chi connectivity index (χ0) is 24.9. The molecule has 2 aliphatic rings. The van der Waals surface area contributed by atoms with Crippen molar-refractivity contribution in [2.45, 2.75) is 49.6 Å². The molecule has 2 aromatic rings. The molecule has 2 amide bonds. The van der Waals surface area contributed by atoms with E-state index in [2.05, 4.69) is 10.5 Å². The molecule has 2 saturated heterocycles. The number of fused-ring (bicyclic) bond motifs is 1. The Kier molecular flexibility index (Phi) is 6.06. The molecular formula is C21H19ClFN3O7S. The van der Waals surface area contributed by atoms with Crippen molar-refractivity contribution < 1.29 is 37.9 Å². The van der Waals surface area contributed by atoms with Gasteiger partial charge in [0.25, 0.3) is 5.91 Å². The summed E-state index contributed by atoms with van der Waals surface area (Å²) in [6, 6.07) is 1.83. The van der Waals surface area contributed by atoms with Crippen LogP contribution in [-0.4, -0.2) is 61.1 Å². The summed E-state index contributed by atoms with van der Waals surface area (Å²) in [4.78, 5) is 50.2. The first-order chi connectivity index (χ1) is 15.9. The van der Waals surface area contributed by atoms with Crippen LogP contribution in [0.3, 0.4) is 0 Å². The summed E-state index contributed by atoms with van der Waals surface area (Å²) < 4.78 is 23.9. The molecule has 2 fully saturated rings. The lowest BCUT2D eigenvalue weighted by molar-refractivity contribution is -0.159. The van der Waals surface area contributed by atoms with E-state index in [0.717, 1.165) is 13.0 Å². The minimum absolute atomic E-state index is 0.0373. The van der Waals surface area contributed by atoms with Crippen molar-refractivity contribution in [1.29, 1.82) is 0 Å². The number of β-lactam (4-membered cyclic amide) rings is 1. The summed E-state index contributed by atoms with van der Waals surface area (Å²) in [5, 5.41) is 15.2. The van der Waals surface area contributed by atoms with Gasteiger partial charge in [0.2, 0.25) is 5.91 Å². The number of hydrogen-bond acceptors (Lipinski definition) is 8. The molecule has 0 unspecified atom stereocenters. The summed E-state index contributed by atoms with van der Waals surface area (Å²) in [5.41, 5.74) is -0.679. The second-order valence-corrected chi connectivity index (χ2v) is 10.4. The van der Waals surface area contributed by atoms with Crippen LogP contribution in [0.15, 0.2) is 22.7 Å². The number of carboxylic acids is 1. The third-order valence-electron chi connectivity index (χ3n) is 5.56. The molecule has 1 aromatic heterocycles. The molecule has 34 heavy (non-hydrogen) atoms. The lowest BCUT2D eigenvalue weighted by Crippen LogP contribution is -2.70. The van der Waals surface area contributed by atoms with Crippen LogP contribution in [0.25, 0.3) is 11.3 Å². The van der Waals surface area contributed by atoms with E-state index in [9.17, 15) is 28.7 Å². The van der Waals surface area contributed by atoms with E-state index in [1.54, 1.807) is 13.8 Å². The van der Waals surface area contributed by atoms with Gasteiger partial charge in [-0.05, 0) is 26.0 Å². The maximum Gasteiger partial charge on any atom is 0.327 e. The van der Waals surface area contributed by atoms with Gasteiger partial charge in [-0.2, -0.15) is 0 Å². The van der Waals surface area contributed by atoms with E-state index < -0.39 is 58.4 Å². The summed E-state index contributed by atoms with van der Waals surface area (Å²) >= 11 is 7.39. The number of thioether (sulfide) groups is 1. The molecule has 0 radical (unpaired) electrons. The van der Waals surface area contributed by atoms with Crippen molar-refractivity contribution in [3.8, 4) is 11.3 Å². The van der Waals surface area contributed by atoms with Crippen LogP contribution in [0.5, 0.6) is 0 Å². The third-order valence-corrected chi connectivity index (χ3v) is 7.44. The van der Waals surface area contributed by atoms with Gasteiger partial charge in [-0.15, -0.1) is 11.8 Å². The Morgan fingerprint density at radius 3 is 2.71 bits per heavy atom. The van der Waals surface area contributed by atoms with E-state index in [-0.39, 0.29) is 27.6 Å². The van der Waals surface area contributed by atoms with Crippen LogP contribution in [0.2, 0.25) is 5.02 Å². The fraction of sp³-hybridized carbons (Fsp3) is 0.381. The lowest BCUT2D eigenvalue weighted by atomic mass is 9.95. The number of nitrogens with one attached hydrogen (secondary N) is 1. The number of benzene rings is 1. The highest BCUT2D eigenvalue weighted by Crippen LogP contribution is 2.50. The van der Waals surface area contributed by atoms with Crippen LogP contribution < -0.4 is 5.32 Å². The number of halogens is 2. The molecule has 1 aromatic carbocycles. The summed E-state index contributed by atoms with van der Waals surface area (Å²) in [6.45, 7) is 4.10. The summed E-state index contributed by atoms with van der Waals surface area (Å²) in [5.74, 6) is -4.13. The fourth-order valence-electron chi connectivity index (χ4n) is 4.08. The van der Waals surface area contributed by atoms with Crippen LogP contribution in [-0.2, 0) is 25.7 Å². The SMILES string of the molecule is CC(=O)OCc1onc(-c2c(F)cccc2Cl)c1C(=O)N[C@@H]1C(=O)N2[C@H]1SC(C)(C)[C@H]2C(=O)O. The first kappa shape index (κ1) is 24.0. The molecule has 0 bridgehead atoms. The van der Waals surface area contributed by atoms with Crippen LogP contribution in [0, 0.1) is 5.82 Å². The minimum atomic E-state index is -1.14. The van der Waals surface area contributed by atoms with Crippen LogP contribution in [0.4, 0.5) is 4.39 Å².